The van der Waals surface area contributed by atoms with Crippen molar-refractivity contribution in [2.75, 3.05) is 7.05 Å². The molecule has 1 heterocycles. The fraction of sp³-hybridized carbons (Fsp3) is 0.667. The molecule has 1 saturated carbocycles. The molecule has 0 aromatic carbocycles. The topological polar surface area (TPSA) is 34.1 Å². The second-order valence-corrected chi connectivity index (χ2v) is 5.26. The summed E-state index contributed by atoms with van der Waals surface area (Å²) < 4.78 is 6.03. The van der Waals surface area contributed by atoms with Crippen molar-refractivity contribution in [1.29, 1.82) is 0 Å². The first-order valence-electron chi connectivity index (χ1n) is 7.00. The van der Waals surface area contributed by atoms with Crippen LogP contribution < -0.4 is 5.32 Å². The molecule has 2 atom stereocenters. The van der Waals surface area contributed by atoms with Gasteiger partial charge >= 0.3 is 0 Å². The molecule has 0 radical (unpaired) electrons. The summed E-state index contributed by atoms with van der Waals surface area (Å²) in [4.78, 5) is 4.58. The molecule has 0 amide bonds. The fourth-order valence-electron chi connectivity index (χ4n) is 2.61. The van der Waals surface area contributed by atoms with Crippen molar-refractivity contribution in [3.63, 3.8) is 0 Å². The third-order valence-corrected chi connectivity index (χ3v) is 3.70. The van der Waals surface area contributed by atoms with E-state index in [1.165, 1.54) is 25.7 Å². The van der Waals surface area contributed by atoms with Gasteiger partial charge in [-0.05, 0) is 37.9 Å². The SMILES string of the molecule is CNCc1cccc(COC2CCCCC2C)n1. The van der Waals surface area contributed by atoms with E-state index in [0.29, 0.717) is 18.6 Å². The van der Waals surface area contributed by atoms with Gasteiger partial charge in [-0.15, -0.1) is 0 Å². The van der Waals surface area contributed by atoms with E-state index in [-0.39, 0.29) is 0 Å². The number of nitrogens with one attached hydrogen (secondary N) is 1. The van der Waals surface area contributed by atoms with Gasteiger partial charge in [-0.2, -0.15) is 0 Å². The van der Waals surface area contributed by atoms with Gasteiger partial charge in [0.2, 0.25) is 0 Å². The smallest absolute Gasteiger partial charge is 0.0891 e. The van der Waals surface area contributed by atoms with Crippen molar-refractivity contribution in [2.24, 2.45) is 5.92 Å². The van der Waals surface area contributed by atoms with Crippen LogP contribution >= 0.6 is 0 Å². The molecule has 2 rings (SSSR count). The average Bonchev–Trinajstić information content (AvgIpc) is 2.39. The average molecular weight is 248 g/mol. The highest BCUT2D eigenvalue weighted by Gasteiger charge is 2.21. The van der Waals surface area contributed by atoms with Crippen molar-refractivity contribution >= 4 is 0 Å². The van der Waals surface area contributed by atoms with Crippen LogP contribution in [-0.4, -0.2) is 18.1 Å². The van der Waals surface area contributed by atoms with Gasteiger partial charge in [0.25, 0.3) is 0 Å². The number of pyridine rings is 1. The lowest BCUT2D eigenvalue weighted by atomic mass is 9.88. The van der Waals surface area contributed by atoms with Gasteiger partial charge in [-0.3, -0.25) is 4.98 Å². The van der Waals surface area contributed by atoms with Crippen molar-refractivity contribution in [2.45, 2.75) is 51.9 Å². The normalized spacial score (nSPS) is 24.1. The van der Waals surface area contributed by atoms with Crippen LogP contribution in [0.15, 0.2) is 18.2 Å². The van der Waals surface area contributed by atoms with Crippen LogP contribution in [-0.2, 0) is 17.9 Å². The van der Waals surface area contributed by atoms with Crippen LogP contribution in [0.3, 0.4) is 0 Å². The second-order valence-electron chi connectivity index (χ2n) is 5.26. The van der Waals surface area contributed by atoms with E-state index >= 15 is 0 Å². The first kappa shape index (κ1) is 13.5. The largest absolute Gasteiger partial charge is 0.372 e. The maximum Gasteiger partial charge on any atom is 0.0891 e. The van der Waals surface area contributed by atoms with Crippen LogP contribution in [0.1, 0.15) is 44.0 Å². The molecule has 1 N–H and O–H groups in total. The van der Waals surface area contributed by atoms with Crippen LogP contribution in [0.5, 0.6) is 0 Å². The number of rotatable bonds is 5. The summed E-state index contributed by atoms with van der Waals surface area (Å²) in [5.41, 5.74) is 2.12. The molecule has 1 fully saturated rings. The molecular formula is C15H24N2O. The lowest BCUT2D eigenvalue weighted by Gasteiger charge is -2.28. The Bertz CT molecular complexity index is 367. The maximum absolute atomic E-state index is 6.03. The zero-order valence-electron chi connectivity index (χ0n) is 11.5. The van der Waals surface area contributed by atoms with E-state index in [0.717, 1.165) is 17.9 Å². The van der Waals surface area contributed by atoms with E-state index in [4.69, 9.17) is 4.74 Å². The van der Waals surface area contributed by atoms with Gasteiger partial charge < -0.3 is 10.1 Å². The summed E-state index contributed by atoms with van der Waals surface area (Å²) in [5, 5.41) is 3.12. The Morgan fingerprint density at radius 1 is 1.28 bits per heavy atom. The van der Waals surface area contributed by atoms with Crippen LogP contribution in [0, 0.1) is 5.92 Å². The van der Waals surface area contributed by atoms with E-state index in [1.807, 2.05) is 19.2 Å². The molecule has 2 unspecified atom stereocenters. The summed E-state index contributed by atoms with van der Waals surface area (Å²) in [5.74, 6) is 0.694. The zero-order chi connectivity index (χ0) is 12.8. The van der Waals surface area contributed by atoms with Crippen molar-refractivity contribution in [3.8, 4) is 0 Å². The monoisotopic (exact) mass is 248 g/mol. The van der Waals surface area contributed by atoms with Crippen molar-refractivity contribution in [1.82, 2.24) is 10.3 Å². The Morgan fingerprint density at radius 3 is 2.83 bits per heavy atom. The molecule has 1 aromatic heterocycles. The minimum Gasteiger partial charge on any atom is -0.372 e. The lowest BCUT2D eigenvalue weighted by Crippen LogP contribution is -2.25. The molecule has 0 aliphatic heterocycles. The van der Waals surface area contributed by atoms with Gasteiger partial charge in [-0.25, -0.2) is 0 Å². The zero-order valence-corrected chi connectivity index (χ0v) is 11.5. The van der Waals surface area contributed by atoms with Gasteiger partial charge in [0.1, 0.15) is 0 Å². The van der Waals surface area contributed by atoms with E-state index < -0.39 is 0 Å². The highest BCUT2D eigenvalue weighted by atomic mass is 16.5. The number of hydrogen-bond acceptors (Lipinski definition) is 3. The molecular weight excluding hydrogens is 224 g/mol. The van der Waals surface area contributed by atoms with Gasteiger partial charge in [0.15, 0.2) is 0 Å². The van der Waals surface area contributed by atoms with E-state index in [1.54, 1.807) is 0 Å². The van der Waals surface area contributed by atoms with E-state index in [2.05, 4.69) is 23.3 Å². The Morgan fingerprint density at radius 2 is 2.06 bits per heavy atom. The molecule has 1 aliphatic carbocycles. The third-order valence-electron chi connectivity index (χ3n) is 3.70. The molecule has 3 nitrogen and oxygen atoms in total. The molecule has 1 aromatic rings. The quantitative estimate of drug-likeness (QED) is 0.870. The summed E-state index contributed by atoms with van der Waals surface area (Å²) in [6.07, 6.45) is 5.60. The number of aromatic nitrogens is 1. The van der Waals surface area contributed by atoms with Crippen molar-refractivity contribution < 1.29 is 4.74 Å². The Labute approximate surface area is 110 Å². The Balaban J connectivity index is 1.87. The number of nitrogens with zero attached hydrogens (tertiary/aromatic N) is 1. The minimum absolute atomic E-state index is 0.425. The van der Waals surface area contributed by atoms with E-state index in [9.17, 15) is 0 Å². The Hall–Kier alpha value is -0.930. The summed E-state index contributed by atoms with van der Waals surface area (Å²) in [6, 6.07) is 6.15. The summed E-state index contributed by atoms with van der Waals surface area (Å²) in [6.45, 7) is 3.76. The summed E-state index contributed by atoms with van der Waals surface area (Å²) >= 11 is 0. The lowest BCUT2D eigenvalue weighted by molar-refractivity contribution is -0.0168. The van der Waals surface area contributed by atoms with Crippen LogP contribution in [0.4, 0.5) is 0 Å². The fourth-order valence-corrected chi connectivity index (χ4v) is 2.61. The van der Waals surface area contributed by atoms with Gasteiger partial charge in [-0.1, -0.05) is 25.8 Å². The molecule has 0 saturated heterocycles. The molecule has 0 bridgehead atoms. The van der Waals surface area contributed by atoms with Crippen molar-refractivity contribution in [3.05, 3.63) is 29.6 Å². The minimum atomic E-state index is 0.425. The summed E-state index contributed by atoms with van der Waals surface area (Å²) in [7, 11) is 1.94. The molecule has 3 heteroatoms. The predicted octanol–water partition coefficient (Wildman–Crippen LogP) is 2.90. The van der Waals surface area contributed by atoms with Crippen LogP contribution in [0.2, 0.25) is 0 Å². The number of hydrogen-bond donors (Lipinski definition) is 1. The molecule has 100 valence electrons. The first-order valence-corrected chi connectivity index (χ1v) is 7.00. The number of ether oxygens (including phenoxy) is 1. The second kappa shape index (κ2) is 6.86. The van der Waals surface area contributed by atoms with Gasteiger partial charge in [0.05, 0.1) is 24.1 Å². The third kappa shape index (κ3) is 3.79. The predicted molar refractivity (Wildman–Crippen MR) is 73.2 cm³/mol. The highest BCUT2D eigenvalue weighted by Crippen LogP contribution is 2.26. The molecule has 18 heavy (non-hydrogen) atoms. The highest BCUT2D eigenvalue weighted by molar-refractivity contribution is 5.10. The standard InChI is InChI=1S/C15H24N2O/c1-12-6-3-4-9-15(12)18-11-14-8-5-7-13(17-14)10-16-2/h5,7-8,12,15-16H,3-4,6,9-11H2,1-2H3. The van der Waals surface area contributed by atoms with Crippen LogP contribution in [0.25, 0.3) is 0 Å². The van der Waals surface area contributed by atoms with Gasteiger partial charge in [0, 0.05) is 6.54 Å². The maximum atomic E-state index is 6.03. The molecule has 1 aliphatic rings. The Kier molecular flexibility index (Phi) is 5.14. The first-order chi connectivity index (χ1) is 8.79. The molecule has 0 spiro atoms.